The number of rotatable bonds is 7. The minimum atomic E-state index is -0.670. The normalized spacial score (nSPS) is 14.9. The van der Waals surface area contributed by atoms with E-state index in [2.05, 4.69) is 24.7 Å². The molecule has 4 aromatic rings. The minimum Gasteiger partial charge on any atom is -0.510 e. The Kier molecular flexibility index (Phi) is 6.79. The van der Waals surface area contributed by atoms with Gasteiger partial charge in [0.1, 0.15) is 17.2 Å². The zero-order valence-electron chi connectivity index (χ0n) is 19.1. The van der Waals surface area contributed by atoms with Gasteiger partial charge in [0.25, 0.3) is 0 Å². The number of thioether (sulfide) groups is 1. The number of imidazole rings is 1. The van der Waals surface area contributed by atoms with E-state index in [4.69, 9.17) is 16.3 Å². The molecule has 0 atom stereocenters. The van der Waals surface area contributed by atoms with E-state index < -0.39 is 5.97 Å². The van der Waals surface area contributed by atoms with Crippen LogP contribution in [0.4, 0.5) is 0 Å². The molecule has 0 unspecified atom stereocenters. The van der Waals surface area contributed by atoms with E-state index in [9.17, 15) is 9.90 Å². The molecule has 0 aliphatic heterocycles. The summed E-state index contributed by atoms with van der Waals surface area (Å²) in [7, 11) is 1.28. The highest BCUT2D eigenvalue weighted by Gasteiger charge is 2.27. The number of nitrogens with one attached hydrogen (secondary N) is 1. The number of hydrogen-bond donors (Lipinski definition) is 2. The van der Waals surface area contributed by atoms with Crippen molar-refractivity contribution in [3.63, 3.8) is 0 Å². The smallest absolute Gasteiger partial charge is 0.345 e. The van der Waals surface area contributed by atoms with Crippen molar-refractivity contribution in [1.82, 2.24) is 24.7 Å². The third kappa shape index (κ3) is 4.66. The van der Waals surface area contributed by atoms with Crippen LogP contribution < -0.4 is 0 Å². The van der Waals surface area contributed by atoms with E-state index >= 15 is 0 Å². The summed E-state index contributed by atoms with van der Waals surface area (Å²) in [5.41, 5.74) is 2.26. The summed E-state index contributed by atoms with van der Waals surface area (Å²) in [6.07, 6.45) is 4.33. The molecule has 180 valence electrons. The number of carbonyl (C=O) groups is 1. The van der Waals surface area contributed by atoms with Gasteiger partial charge in [-0.2, -0.15) is 0 Å². The number of benzene rings is 2. The number of aliphatic hydroxyl groups excluding tert-OH is 1. The van der Waals surface area contributed by atoms with Crippen molar-refractivity contribution < 1.29 is 14.6 Å². The average Bonchev–Trinajstić information content (AvgIpc) is 3.62. The number of aliphatic hydroxyl groups is 1. The van der Waals surface area contributed by atoms with Gasteiger partial charge in [0.2, 0.25) is 0 Å². The third-order valence-corrected chi connectivity index (χ3v) is 7.40. The van der Waals surface area contributed by atoms with E-state index in [1.807, 2.05) is 48.5 Å². The highest BCUT2D eigenvalue weighted by Crippen LogP contribution is 2.38. The summed E-state index contributed by atoms with van der Waals surface area (Å²) < 4.78 is 7.06. The van der Waals surface area contributed by atoms with Crippen LogP contribution >= 0.6 is 23.4 Å². The molecule has 1 saturated carbocycles. The van der Waals surface area contributed by atoms with Crippen LogP contribution in [-0.2, 0) is 9.53 Å². The number of nitrogens with zero attached hydrogens (tertiary/aromatic N) is 4. The molecule has 1 aliphatic carbocycles. The van der Waals surface area contributed by atoms with Crippen molar-refractivity contribution >= 4 is 45.9 Å². The van der Waals surface area contributed by atoms with Crippen molar-refractivity contribution in [2.24, 2.45) is 0 Å². The quantitative estimate of drug-likeness (QED) is 0.140. The Hall–Kier alpha value is -3.30. The van der Waals surface area contributed by atoms with Gasteiger partial charge in [-0.3, -0.25) is 4.57 Å². The summed E-state index contributed by atoms with van der Waals surface area (Å²) in [4.78, 5) is 20.1. The summed E-state index contributed by atoms with van der Waals surface area (Å²) in [5.74, 6) is 0.232. The molecule has 0 radical (unpaired) electrons. The second kappa shape index (κ2) is 10.1. The van der Waals surface area contributed by atoms with Crippen LogP contribution in [0, 0.1) is 0 Å². The molecule has 0 bridgehead atoms. The van der Waals surface area contributed by atoms with Gasteiger partial charge in [-0.1, -0.05) is 60.5 Å². The zero-order chi connectivity index (χ0) is 24.4. The summed E-state index contributed by atoms with van der Waals surface area (Å²) in [6, 6.07) is 15.2. The molecule has 2 aromatic heterocycles. The molecule has 10 heteroatoms. The topological polar surface area (TPSA) is 106 Å². The molecule has 2 N–H and O–H groups in total. The van der Waals surface area contributed by atoms with Crippen LogP contribution in [0.25, 0.3) is 28.0 Å². The van der Waals surface area contributed by atoms with Crippen molar-refractivity contribution in [2.45, 2.75) is 36.9 Å². The van der Waals surface area contributed by atoms with Crippen molar-refractivity contribution in [3.05, 3.63) is 65.1 Å². The first-order chi connectivity index (χ1) is 17.1. The lowest BCUT2D eigenvalue weighted by Crippen LogP contribution is -2.11. The number of para-hydroxylation sites is 2. The van der Waals surface area contributed by atoms with E-state index in [1.165, 1.54) is 18.9 Å². The number of fused-ring (bicyclic) bond motifs is 1. The van der Waals surface area contributed by atoms with Crippen molar-refractivity contribution in [3.8, 4) is 11.4 Å². The van der Waals surface area contributed by atoms with E-state index in [0.29, 0.717) is 21.5 Å². The molecule has 0 spiro atoms. The predicted molar refractivity (Wildman–Crippen MR) is 136 cm³/mol. The summed E-state index contributed by atoms with van der Waals surface area (Å²) in [6.45, 7) is 0. The number of ether oxygens (including phenoxy) is 1. The number of aromatic amines is 1. The van der Waals surface area contributed by atoms with Crippen LogP contribution in [0.15, 0.2) is 59.4 Å². The lowest BCUT2D eigenvalue weighted by molar-refractivity contribution is -0.133. The Morgan fingerprint density at radius 2 is 1.91 bits per heavy atom. The fourth-order valence-electron chi connectivity index (χ4n) is 4.42. The van der Waals surface area contributed by atoms with Gasteiger partial charge in [-0.25, -0.2) is 9.78 Å². The highest BCUT2D eigenvalue weighted by molar-refractivity contribution is 7.99. The van der Waals surface area contributed by atoms with E-state index in [0.717, 1.165) is 36.8 Å². The lowest BCUT2D eigenvalue weighted by atomic mass is 10.2. The second-order valence-electron chi connectivity index (χ2n) is 8.30. The summed E-state index contributed by atoms with van der Waals surface area (Å²) in [5, 5.41) is 21.1. The Morgan fingerprint density at radius 3 is 2.66 bits per heavy atom. The van der Waals surface area contributed by atoms with Crippen molar-refractivity contribution in [2.75, 3.05) is 12.9 Å². The Morgan fingerprint density at radius 1 is 1.17 bits per heavy atom. The first-order valence-electron chi connectivity index (χ1n) is 11.3. The first-order valence-corrected chi connectivity index (χ1v) is 12.7. The van der Waals surface area contributed by atoms with Gasteiger partial charge in [-0.05, 0) is 37.1 Å². The number of esters is 1. The van der Waals surface area contributed by atoms with Gasteiger partial charge in [-0.15, -0.1) is 10.2 Å². The molecule has 1 fully saturated rings. The minimum absolute atomic E-state index is 0.00513. The number of aromatic nitrogens is 5. The molecular formula is C25H24ClN5O3S. The van der Waals surface area contributed by atoms with Gasteiger partial charge >= 0.3 is 5.97 Å². The van der Waals surface area contributed by atoms with Crippen LogP contribution in [0.2, 0.25) is 5.02 Å². The number of halogens is 1. The molecule has 0 saturated heterocycles. The molecule has 0 amide bonds. The Labute approximate surface area is 211 Å². The standard InChI is InChI=1S/C25H24ClN5O3S/c1-34-24(33)21(22-27-18-12-6-7-13-19(18)28-22)20(32)14-35-25-30-29-23(16-10-4-5-11-17(16)26)31(25)15-8-2-3-9-15/h4-7,10-13,15,32H,2-3,8-9,14H2,1H3,(H,27,28). The first kappa shape index (κ1) is 23.4. The largest absolute Gasteiger partial charge is 0.510 e. The molecular weight excluding hydrogens is 486 g/mol. The molecule has 8 nitrogen and oxygen atoms in total. The maximum atomic E-state index is 12.6. The highest BCUT2D eigenvalue weighted by atomic mass is 35.5. The third-order valence-electron chi connectivity index (χ3n) is 6.11. The number of methoxy groups -OCH3 is 1. The molecule has 2 aromatic carbocycles. The number of hydrogen-bond acceptors (Lipinski definition) is 7. The van der Waals surface area contributed by atoms with Crippen LogP contribution in [0.3, 0.4) is 0 Å². The fourth-order valence-corrected chi connectivity index (χ4v) is 5.53. The van der Waals surface area contributed by atoms with E-state index in [1.54, 1.807) is 0 Å². The van der Waals surface area contributed by atoms with Gasteiger partial charge in [0, 0.05) is 11.6 Å². The van der Waals surface area contributed by atoms with Crippen LogP contribution in [-0.4, -0.2) is 48.7 Å². The monoisotopic (exact) mass is 509 g/mol. The van der Waals surface area contributed by atoms with Gasteiger partial charge in [0.15, 0.2) is 11.0 Å². The average molecular weight is 510 g/mol. The van der Waals surface area contributed by atoms with Crippen LogP contribution in [0.1, 0.15) is 37.5 Å². The van der Waals surface area contributed by atoms with Crippen molar-refractivity contribution in [1.29, 1.82) is 0 Å². The lowest BCUT2D eigenvalue weighted by Gasteiger charge is -2.17. The second-order valence-corrected chi connectivity index (χ2v) is 9.65. The Balaban J connectivity index is 1.49. The predicted octanol–water partition coefficient (Wildman–Crippen LogP) is 5.82. The Bertz CT molecular complexity index is 1370. The maximum absolute atomic E-state index is 12.6. The van der Waals surface area contributed by atoms with Crippen LogP contribution in [0.5, 0.6) is 0 Å². The SMILES string of the molecule is COC(=O)C(=C(O)CSc1nnc(-c2ccccc2Cl)n1C1CCCC1)c1nc2ccccc2[nH]1. The molecule has 35 heavy (non-hydrogen) atoms. The fraction of sp³-hybridized carbons (Fsp3) is 0.280. The number of carbonyl (C=O) groups excluding carboxylic acids is 1. The zero-order valence-corrected chi connectivity index (χ0v) is 20.6. The van der Waals surface area contributed by atoms with Gasteiger partial charge < -0.3 is 14.8 Å². The summed E-state index contributed by atoms with van der Waals surface area (Å²) >= 11 is 7.78. The maximum Gasteiger partial charge on any atom is 0.345 e. The molecule has 2 heterocycles. The molecule has 1 aliphatic rings. The molecule has 5 rings (SSSR count). The van der Waals surface area contributed by atoms with Gasteiger partial charge in [0.05, 0.1) is 28.9 Å². The number of H-pyrrole nitrogens is 1. The van der Waals surface area contributed by atoms with E-state index in [-0.39, 0.29) is 29.0 Å².